The molecule has 0 saturated heterocycles. The van der Waals surface area contributed by atoms with Gasteiger partial charge in [-0.25, -0.2) is 4.39 Å². The molecule has 0 N–H and O–H groups in total. The maximum Gasteiger partial charge on any atom is 0.420 e. The van der Waals surface area contributed by atoms with Crippen LogP contribution in [-0.2, 0) is 6.18 Å². The van der Waals surface area contributed by atoms with Gasteiger partial charge in [0.1, 0.15) is 22.9 Å². The second-order valence-corrected chi connectivity index (χ2v) is 5.30. The second kappa shape index (κ2) is 5.74. The van der Waals surface area contributed by atoms with Crippen LogP contribution in [-0.4, -0.2) is 0 Å². The van der Waals surface area contributed by atoms with E-state index < -0.39 is 17.6 Å². The van der Waals surface area contributed by atoms with Gasteiger partial charge in [-0.1, -0.05) is 11.6 Å². The number of hydrogen-bond acceptors (Lipinski definition) is 1. The molecule has 0 radical (unpaired) electrons. The van der Waals surface area contributed by atoms with Gasteiger partial charge in [-0.2, -0.15) is 13.2 Å². The molecule has 0 saturated carbocycles. The first-order valence-corrected chi connectivity index (χ1v) is 6.95. The van der Waals surface area contributed by atoms with E-state index in [1.54, 1.807) is 24.3 Å². The summed E-state index contributed by atoms with van der Waals surface area (Å²) in [4.78, 5) is 0. The number of benzene rings is 2. The average molecular weight is 341 g/mol. The molecule has 0 amide bonds. The lowest BCUT2D eigenvalue weighted by Crippen LogP contribution is -2.04. The normalized spacial score (nSPS) is 11.7. The maximum atomic E-state index is 13.3. The maximum absolute atomic E-state index is 13.3. The Morgan fingerprint density at radius 3 is 1.96 bits per heavy atom. The summed E-state index contributed by atoms with van der Waals surface area (Å²) in [5, 5.41) is 0.468. The fraction of sp³-hybridized carbons (Fsp3) is 0.0588. The molecule has 0 unspecified atom stereocenters. The van der Waals surface area contributed by atoms with Crippen molar-refractivity contribution in [2.75, 3.05) is 0 Å². The second-order valence-electron chi connectivity index (χ2n) is 4.86. The minimum Gasteiger partial charge on any atom is -0.455 e. The molecule has 23 heavy (non-hydrogen) atoms. The van der Waals surface area contributed by atoms with Gasteiger partial charge in [0.15, 0.2) is 0 Å². The van der Waals surface area contributed by atoms with Crippen molar-refractivity contribution in [3.8, 4) is 22.6 Å². The van der Waals surface area contributed by atoms with Crippen molar-refractivity contribution in [1.29, 1.82) is 0 Å². The zero-order valence-corrected chi connectivity index (χ0v) is 12.3. The van der Waals surface area contributed by atoms with Crippen molar-refractivity contribution in [1.82, 2.24) is 0 Å². The average Bonchev–Trinajstić information content (AvgIpc) is 2.94. The van der Waals surface area contributed by atoms with Gasteiger partial charge in [-0.05, 0) is 54.6 Å². The summed E-state index contributed by atoms with van der Waals surface area (Å²) in [5.41, 5.74) is -0.291. The SMILES string of the molecule is Fc1ccc(-c2oc(-c3ccc(Cl)cc3)cc2C(F)(F)F)cc1. The van der Waals surface area contributed by atoms with E-state index in [2.05, 4.69) is 0 Å². The van der Waals surface area contributed by atoms with Gasteiger partial charge in [0.05, 0.1) is 0 Å². The number of rotatable bonds is 2. The fourth-order valence-electron chi connectivity index (χ4n) is 2.17. The summed E-state index contributed by atoms with van der Waals surface area (Å²) in [6.45, 7) is 0. The minimum absolute atomic E-state index is 0.0633. The molecule has 3 rings (SSSR count). The molecule has 2 aromatic carbocycles. The lowest BCUT2D eigenvalue weighted by molar-refractivity contribution is -0.137. The van der Waals surface area contributed by atoms with Crippen molar-refractivity contribution in [3.05, 3.63) is 71.0 Å². The molecule has 0 spiro atoms. The third kappa shape index (κ3) is 3.24. The lowest BCUT2D eigenvalue weighted by Gasteiger charge is -2.06. The van der Waals surface area contributed by atoms with Crippen LogP contribution >= 0.6 is 11.6 Å². The van der Waals surface area contributed by atoms with Crippen LogP contribution in [0.4, 0.5) is 17.6 Å². The van der Waals surface area contributed by atoms with Gasteiger partial charge < -0.3 is 4.42 Å². The smallest absolute Gasteiger partial charge is 0.420 e. The van der Waals surface area contributed by atoms with Crippen LogP contribution in [0.25, 0.3) is 22.6 Å². The predicted octanol–water partition coefficient (Wildman–Crippen LogP) is 6.42. The Kier molecular flexibility index (Phi) is 3.90. The summed E-state index contributed by atoms with van der Waals surface area (Å²) in [6, 6.07) is 11.8. The van der Waals surface area contributed by atoms with Crippen molar-refractivity contribution in [3.63, 3.8) is 0 Å². The zero-order chi connectivity index (χ0) is 16.6. The van der Waals surface area contributed by atoms with Gasteiger partial charge >= 0.3 is 6.18 Å². The molecule has 0 aliphatic heterocycles. The zero-order valence-electron chi connectivity index (χ0n) is 11.5. The van der Waals surface area contributed by atoms with Crippen LogP contribution in [0.5, 0.6) is 0 Å². The van der Waals surface area contributed by atoms with Crippen LogP contribution in [0, 0.1) is 5.82 Å². The first-order chi connectivity index (χ1) is 10.8. The van der Waals surface area contributed by atoms with Gasteiger partial charge in [-0.3, -0.25) is 0 Å². The monoisotopic (exact) mass is 340 g/mol. The standard InChI is InChI=1S/C17H9ClF4O/c18-12-5-1-10(2-6-12)15-9-14(17(20,21)22)16(23-15)11-3-7-13(19)8-4-11/h1-9H. The van der Waals surface area contributed by atoms with E-state index in [0.717, 1.165) is 18.2 Å². The topological polar surface area (TPSA) is 13.1 Å². The first-order valence-electron chi connectivity index (χ1n) is 6.57. The Balaban J connectivity index is 2.14. The molecule has 118 valence electrons. The Bertz CT molecular complexity index is 817. The first kappa shape index (κ1) is 15.6. The summed E-state index contributed by atoms with van der Waals surface area (Å²) in [6.07, 6.45) is -4.59. The third-order valence-electron chi connectivity index (χ3n) is 3.27. The molecule has 0 atom stereocenters. The largest absolute Gasteiger partial charge is 0.455 e. The van der Waals surface area contributed by atoms with Crippen LogP contribution in [0.2, 0.25) is 5.02 Å². The molecule has 3 aromatic rings. The lowest BCUT2D eigenvalue weighted by atomic mass is 10.1. The Hall–Kier alpha value is -2.27. The predicted molar refractivity (Wildman–Crippen MR) is 79.6 cm³/mol. The summed E-state index contributed by atoms with van der Waals surface area (Å²) in [5.74, 6) is -0.817. The summed E-state index contributed by atoms with van der Waals surface area (Å²) < 4.78 is 58.1. The molecule has 0 fully saturated rings. The Morgan fingerprint density at radius 1 is 0.826 bits per heavy atom. The van der Waals surface area contributed by atoms with Gasteiger partial charge in [0.25, 0.3) is 0 Å². The van der Waals surface area contributed by atoms with Crippen molar-refractivity contribution < 1.29 is 22.0 Å². The highest BCUT2D eigenvalue weighted by atomic mass is 35.5. The van der Waals surface area contributed by atoms with Gasteiger partial charge in [0, 0.05) is 16.1 Å². The molecule has 1 heterocycles. The van der Waals surface area contributed by atoms with Gasteiger partial charge in [0.2, 0.25) is 0 Å². The molecule has 1 aromatic heterocycles. The highest BCUT2D eigenvalue weighted by Crippen LogP contribution is 2.42. The van der Waals surface area contributed by atoms with Crippen LogP contribution < -0.4 is 0 Å². The van der Waals surface area contributed by atoms with Crippen LogP contribution in [0.1, 0.15) is 5.56 Å². The highest BCUT2D eigenvalue weighted by Gasteiger charge is 2.37. The molecule has 6 heteroatoms. The number of alkyl halides is 3. The van der Waals surface area contributed by atoms with Crippen molar-refractivity contribution >= 4 is 11.6 Å². The summed E-state index contributed by atoms with van der Waals surface area (Å²) >= 11 is 5.77. The number of halogens is 5. The quantitative estimate of drug-likeness (QED) is 0.490. The molecular weight excluding hydrogens is 332 g/mol. The van der Waals surface area contributed by atoms with E-state index >= 15 is 0 Å². The van der Waals surface area contributed by atoms with E-state index in [0.29, 0.717) is 10.6 Å². The molecule has 1 nitrogen and oxygen atoms in total. The van der Waals surface area contributed by atoms with Crippen LogP contribution in [0.3, 0.4) is 0 Å². The fourth-order valence-corrected chi connectivity index (χ4v) is 2.30. The minimum atomic E-state index is -4.59. The van der Waals surface area contributed by atoms with Crippen molar-refractivity contribution in [2.24, 2.45) is 0 Å². The van der Waals surface area contributed by atoms with E-state index in [-0.39, 0.29) is 17.1 Å². The van der Waals surface area contributed by atoms with Crippen LogP contribution in [0.15, 0.2) is 59.0 Å². The van der Waals surface area contributed by atoms with Crippen molar-refractivity contribution in [2.45, 2.75) is 6.18 Å². The Morgan fingerprint density at radius 2 is 1.39 bits per heavy atom. The van der Waals surface area contributed by atoms with E-state index in [9.17, 15) is 17.6 Å². The highest BCUT2D eigenvalue weighted by molar-refractivity contribution is 6.30. The van der Waals surface area contributed by atoms with Gasteiger partial charge in [-0.15, -0.1) is 0 Å². The Labute approximate surface area is 134 Å². The molecule has 0 aliphatic rings. The molecule has 0 bridgehead atoms. The van der Waals surface area contributed by atoms with E-state index in [1.807, 2.05) is 0 Å². The molecular formula is C17H9ClF4O. The third-order valence-corrected chi connectivity index (χ3v) is 3.52. The summed E-state index contributed by atoms with van der Waals surface area (Å²) in [7, 11) is 0. The number of hydrogen-bond donors (Lipinski definition) is 0. The molecule has 0 aliphatic carbocycles. The van der Waals surface area contributed by atoms with E-state index in [4.69, 9.17) is 16.0 Å². The number of furan rings is 1. The van der Waals surface area contributed by atoms with E-state index in [1.165, 1.54) is 12.1 Å².